The van der Waals surface area contributed by atoms with E-state index in [1.54, 1.807) is 0 Å². The first kappa shape index (κ1) is 52.0. The number of phosphoric ester groups is 1. The van der Waals surface area contributed by atoms with Crippen LogP contribution >= 0.6 is 7.82 Å². The molecule has 0 fully saturated rings. The van der Waals surface area contributed by atoms with Crippen LogP contribution in [0.4, 0.5) is 0 Å². The maximum Gasteiger partial charge on any atom is 0.469 e. The minimum Gasteiger partial charge on any atom is -0.462 e. The highest BCUT2D eigenvalue weighted by Crippen LogP contribution is 2.36. The molecule has 0 amide bonds. The Kier molecular flexibility index (Phi) is 36.4. The van der Waals surface area contributed by atoms with Crippen LogP contribution in [0.1, 0.15) is 188 Å². The van der Waals surface area contributed by atoms with Gasteiger partial charge in [-0.15, -0.1) is 0 Å². The molecule has 0 heterocycles. The number of hydrogen-bond donors (Lipinski definition) is 3. The highest BCUT2D eigenvalue weighted by Gasteiger charge is 2.22. The molecule has 0 aromatic heterocycles. The van der Waals surface area contributed by atoms with Crippen molar-refractivity contribution in [2.75, 3.05) is 13.2 Å². The lowest BCUT2D eigenvalue weighted by Crippen LogP contribution is -2.29. The van der Waals surface area contributed by atoms with Gasteiger partial charge in [-0.05, 0) is 44.4 Å². The predicted molar refractivity (Wildman–Crippen MR) is 222 cm³/mol. The molecule has 0 saturated carbocycles. The number of esters is 2. The summed E-state index contributed by atoms with van der Waals surface area (Å²) in [5.41, 5.74) is 0. The highest BCUT2D eigenvalue weighted by molar-refractivity contribution is 7.46. The lowest BCUT2D eigenvalue weighted by atomic mass is 10.0. The molecule has 314 valence electrons. The van der Waals surface area contributed by atoms with E-state index in [-0.39, 0.29) is 25.6 Å². The van der Waals surface area contributed by atoms with E-state index in [1.165, 1.54) is 83.5 Å². The number of carbonyl (C=O) groups is 2. The van der Waals surface area contributed by atoms with Crippen LogP contribution in [0.15, 0.2) is 48.6 Å². The van der Waals surface area contributed by atoms with Gasteiger partial charge in [-0.3, -0.25) is 14.1 Å². The largest absolute Gasteiger partial charge is 0.469 e. The average molecular weight is 783 g/mol. The van der Waals surface area contributed by atoms with Crippen LogP contribution in [-0.2, 0) is 28.2 Å². The fourth-order valence-corrected chi connectivity index (χ4v) is 6.26. The summed E-state index contributed by atoms with van der Waals surface area (Å²) in [6.07, 6.45) is 41.7. The second-order valence-electron chi connectivity index (χ2n) is 15.0. The van der Waals surface area contributed by atoms with Crippen molar-refractivity contribution < 1.29 is 43.0 Å². The Morgan fingerprint density at radius 2 is 1.13 bits per heavy atom. The Bertz CT molecular complexity index is 1050. The Labute approximate surface area is 329 Å². The molecule has 0 unspecified atom stereocenters. The number of phosphoric acid groups is 1. The van der Waals surface area contributed by atoms with Gasteiger partial charge in [-0.2, -0.15) is 0 Å². The zero-order chi connectivity index (χ0) is 40.0. The topological polar surface area (TPSA) is 140 Å². The molecule has 0 aliphatic rings. The predicted octanol–water partition coefficient (Wildman–Crippen LogP) is 12.0. The van der Waals surface area contributed by atoms with Crippen molar-refractivity contribution in [2.24, 2.45) is 5.92 Å². The fourth-order valence-electron chi connectivity index (χ4n) is 5.90. The molecule has 9 nitrogen and oxygen atoms in total. The molecule has 3 N–H and O–H groups in total. The number of rotatable bonds is 38. The number of hydrogen-bond acceptors (Lipinski definition) is 7. The standard InChI is InChI=1S/C44H79O9P/c1-4-5-28-34-41(45)35-30-25-21-17-13-11-15-19-23-27-32-37-44(47)53-42(39-52-54(48,49)50)38-51-43(46)36-31-26-22-18-14-10-8-6-7-9-12-16-20-24-29-33-40(2)3/h11,13,19,21,23,25,30,35,40-42,45H,4-10,12,14-18,20,22,24,26-29,31-34,36-39H2,1-3H3,(H2,48,49,50)/b13-11-,23-19-,25-21-,35-30+/t41-,42+/m0/s1. The summed E-state index contributed by atoms with van der Waals surface area (Å²) in [6, 6.07) is 0. The Balaban J connectivity index is 4.03. The summed E-state index contributed by atoms with van der Waals surface area (Å²) >= 11 is 0. The van der Waals surface area contributed by atoms with E-state index in [9.17, 15) is 19.3 Å². The van der Waals surface area contributed by atoms with E-state index in [2.05, 4.69) is 37.4 Å². The number of ether oxygens (including phenoxy) is 2. The molecule has 0 saturated heterocycles. The second-order valence-corrected chi connectivity index (χ2v) is 16.2. The van der Waals surface area contributed by atoms with Gasteiger partial charge in [0.2, 0.25) is 0 Å². The van der Waals surface area contributed by atoms with Crippen LogP contribution < -0.4 is 0 Å². The third-order valence-corrected chi connectivity index (χ3v) is 9.62. The molecule has 0 bridgehead atoms. The summed E-state index contributed by atoms with van der Waals surface area (Å²) in [4.78, 5) is 42.8. The quantitative estimate of drug-likeness (QED) is 0.0183. The third kappa shape index (κ3) is 41.1. The zero-order valence-corrected chi connectivity index (χ0v) is 35.3. The van der Waals surface area contributed by atoms with E-state index in [4.69, 9.17) is 19.3 Å². The summed E-state index contributed by atoms with van der Waals surface area (Å²) < 4.78 is 26.3. The molecule has 0 aliphatic carbocycles. The number of aliphatic hydroxyl groups is 1. The van der Waals surface area contributed by atoms with Crippen molar-refractivity contribution >= 4 is 19.8 Å². The van der Waals surface area contributed by atoms with Gasteiger partial charge in [0, 0.05) is 12.8 Å². The molecule has 2 atom stereocenters. The van der Waals surface area contributed by atoms with Crippen LogP contribution in [0.2, 0.25) is 0 Å². The van der Waals surface area contributed by atoms with Crippen LogP contribution in [0.3, 0.4) is 0 Å². The Morgan fingerprint density at radius 1 is 0.611 bits per heavy atom. The first-order valence-electron chi connectivity index (χ1n) is 21.4. The molecule has 0 rings (SSSR count). The van der Waals surface area contributed by atoms with Gasteiger partial charge in [-0.1, -0.05) is 185 Å². The van der Waals surface area contributed by atoms with Gasteiger partial charge in [0.1, 0.15) is 6.61 Å². The molecule has 0 radical (unpaired) electrons. The van der Waals surface area contributed by atoms with Crippen LogP contribution in [0.25, 0.3) is 0 Å². The molecule has 0 aromatic rings. The van der Waals surface area contributed by atoms with E-state index in [1.807, 2.05) is 36.5 Å². The smallest absolute Gasteiger partial charge is 0.462 e. The average Bonchev–Trinajstić information content (AvgIpc) is 3.12. The lowest BCUT2D eigenvalue weighted by Gasteiger charge is -2.18. The van der Waals surface area contributed by atoms with Crippen LogP contribution in [0.5, 0.6) is 0 Å². The molecular formula is C44H79O9P. The molecule has 10 heteroatoms. The minimum atomic E-state index is -4.78. The van der Waals surface area contributed by atoms with Crippen molar-refractivity contribution in [3.63, 3.8) is 0 Å². The highest BCUT2D eigenvalue weighted by atomic mass is 31.2. The van der Waals surface area contributed by atoms with Crippen molar-refractivity contribution in [3.05, 3.63) is 48.6 Å². The van der Waals surface area contributed by atoms with Crippen LogP contribution in [0, 0.1) is 5.92 Å². The molecular weight excluding hydrogens is 703 g/mol. The SMILES string of the molecule is CCCCC[C@H](O)/C=C/C=C\C/C=C\C/C=C\CCCC(=O)O[C@H](COC(=O)CCCCCCCCCCCCCCCCCC(C)C)COP(=O)(O)O. The Hall–Kier alpha value is -2.03. The fraction of sp³-hybridized carbons (Fsp3) is 0.773. The Morgan fingerprint density at radius 3 is 1.70 bits per heavy atom. The lowest BCUT2D eigenvalue weighted by molar-refractivity contribution is -0.161. The zero-order valence-electron chi connectivity index (χ0n) is 34.4. The van der Waals surface area contributed by atoms with Gasteiger partial charge in [0.05, 0.1) is 12.7 Å². The van der Waals surface area contributed by atoms with E-state index in [0.717, 1.165) is 57.3 Å². The summed E-state index contributed by atoms with van der Waals surface area (Å²) in [6.45, 7) is 5.87. The summed E-state index contributed by atoms with van der Waals surface area (Å²) in [5, 5.41) is 9.87. The van der Waals surface area contributed by atoms with E-state index >= 15 is 0 Å². The second kappa shape index (κ2) is 37.9. The van der Waals surface area contributed by atoms with Gasteiger partial charge in [0.15, 0.2) is 6.10 Å². The monoisotopic (exact) mass is 783 g/mol. The first-order valence-corrected chi connectivity index (χ1v) is 22.9. The molecule has 0 aromatic carbocycles. The van der Waals surface area contributed by atoms with Crippen molar-refractivity contribution in [3.8, 4) is 0 Å². The van der Waals surface area contributed by atoms with Gasteiger partial charge >= 0.3 is 19.8 Å². The first-order chi connectivity index (χ1) is 26.0. The van der Waals surface area contributed by atoms with Gasteiger partial charge in [-0.25, -0.2) is 4.57 Å². The number of unbranched alkanes of at least 4 members (excludes halogenated alkanes) is 17. The molecule has 0 aliphatic heterocycles. The number of allylic oxidation sites excluding steroid dienone is 7. The minimum absolute atomic E-state index is 0.116. The van der Waals surface area contributed by atoms with Crippen LogP contribution in [-0.4, -0.2) is 52.3 Å². The molecule has 0 spiro atoms. The number of carbonyl (C=O) groups excluding carboxylic acids is 2. The van der Waals surface area contributed by atoms with Gasteiger partial charge in [0.25, 0.3) is 0 Å². The molecule has 54 heavy (non-hydrogen) atoms. The van der Waals surface area contributed by atoms with Crippen molar-refractivity contribution in [1.82, 2.24) is 0 Å². The van der Waals surface area contributed by atoms with E-state index < -0.39 is 32.5 Å². The maximum absolute atomic E-state index is 12.4. The summed E-state index contributed by atoms with van der Waals surface area (Å²) in [5.74, 6) is -0.142. The van der Waals surface area contributed by atoms with Gasteiger partial charge < -0.3 is 24.4 Å². The van der Waals surface area contributed by atoms with Crippen molar-refractivity contribution in [1.29, 1.82) is 0 Å². The van der Waals surface area contributed by atoms with Crippen molar-refractivity contribution in [2.45, 2.75) is 200 Å². The number of aliphatic hydroxyl groups excluding tert-OH is 1. The van der Waals surface area contributed by atoms with E-state index in [0.29, 0.717) is 19.3 Å². The third-order valence-electron chi connectivity index (χ3n) is 9.13. The summed E-state index contributed by atoms with van der Waals surface area (Å²) in [7, 11) is -4.78. The maximum atomic E-state index is 12.4. The normalized spacial score (nSPS) is 13.6.